The predicted octanol–water partition coefficient (Wildman–Crippen LogP) is 3.05. The van der Waals surface area contributed by atoms with Gasteiger partial charge in [-0.1, -0.05) is 0 Å². The minimum Gasteiger partial charge on any atom is -0.346 e. The largest absolute Gasteiger partial charge is 0.346 e. The molecule has 1 rings (SSSR count). The van der Waals surface area contributed by atoms with Crippen LogP contribution in [-0.4, -0.2) is 18.9 Å². The number of nitrogens with one attached hydrogen (secondary N) is 1. The van der Waals surface area contributed by atoms with E-state index in [1.807, 2.05) is 28.7 Å². The van der Waals surface area contributed by atoms with Crippen molar-refractivity contribution in [1.82, 2.24) is 5.32 Å². The molecule has 82 valence electrons. The van der Waals surface area contributed by atoms with Crippen LogP contribution in [0.25, 0.3) is 0 Å². The minimum absolute atomic E-state index is 0.363. The van der Waals surface area contributed by atoms with Crippen LogP contribution in [0.1, 0.15) is 10.4 Å². The molecule has 0 spiro atoms. The van der Waals surface area contributed by atoms with E-state index < -0.39 is 18.9 Å². The van der Waals surface area contributed by atoms with Gasteiger partial charge in [-0.05, 0) is 56.7 Å². The smallest absolute Gasteiger partial charge is 0.255 e. The number of halogens is 4. The maximum atomic E-state index is 11.9. The molecule has 0 heterocycles. The molecule has 0 atom stereocenters. The predicted molar refractivity (Wildman–Crippen MR) is 65.2 cm³/mol. The summed E-state index contributed by atoms with van der Waals surface area (Å²) in [6.45, 7) is -0.628. The van der Waals surface area contributed by atoms with Crippen LogP contribution in [0, 0.1) is 3.57 Å². The van der Waals surface area contributed by atoms with E-state index in [0.717, 1.165) is 3.57 Å². The summed E-state index contributed by atoms with van der Waals surface area (Å²) < 4.78 is 25.2. The summed E-state index contributed by atoms with van der Waals surface area (Å²) in [7, 11) is 0. The van der Waals surface area contributed by atoms with E-state index in [4.69, 9.17) is 0 Å². The number of hydrogen-bond acceptors (Lipinski definition) is 1. The molecular weight excluding hydrogens is 383 g/mol. The van der Waals surface area contributed by atoms with Crippen molar-refractivity contribution in [3.63, 3.8) is 0 Å². The van der Waals surface area contributed by atoms with Gasteiger partial charge in [-0.3, -0.25) is 4.79 Å². The van der Waals surface area contributed by atoms with E-state index in [1.54, 1.807) is 12.1 Å². The van der Waals surface area contributed by atoms with Gasteiger partial charge >= 0.3 is 0 Å². The first-order chi connectivity index (χ1) is 7.00. The quantitative estimate of drug-likeness (QED) is 0.791. The van der Waals surface area contributed by atoms with Crippen LogP contribution in [0.4, 0.5) is 8.78 Å². The standard InChI is InChI=1S/C9H7BrF2INO/c10-7-2-1-5(13)3-6(7)9(15)14-4-8(11)12/h1-3,8H,4H2,(H,14,15). The second kappa shape index (κ2) is 5.74. The van der Waals surface area contributed by atoms with Gasteiger partial charge in [0.25, 0.3) is 12.3 Å². The molecule has 2 nitrogen and oxygen atoms in total. The van der Waals surface area contributed by atoms with Gasteiger partial charge in [0.15, 0.2) is 0 Å². The fourth-order valence-corrected chi connectivity index (χ4v) is 1.85. The van der Waals surface area contributed by atoms with Gasteiger partial charge in [-0.2, -0.15) is 0 Å². The Morgan fingerprint density at radius 3 is 2.80 bits per heavy atom. The van der Waals surface area contributed by atoms with Crippen molar-refractivity contribution in [1.29, 1.82) is 0 Å². The number of carbonyl (C=O) groups excluding carboxylic acids is 1. The number of carbonyl (C=O) groups is 1. The Kier molecular flexibility index (Phi) is 4.91. The van der Waals surface area contributed by atoms with Crippen molar-refractivity contribution in [2.24, 2.45) is 0 Å². The third-order valence-corrected chi connectivity index (χ3v) is 2.95. The fraction of sp³-hybridized carbons (Fsp3) is 0.222. The molecule has 0 aliphatic carbocycles. The zero-order valence-corrected chi connectivity index (χ0v) is 11.2. The maximum absolute atomic E-state index is 11.9. The van der Waals surface area contributed by atoms with Gasteiger partial charge in [0.1, 0.15) is 0 Å². The SMILES string of the molecule is O=C(NCC(F)F)c1cc(I)ccc1Br. The lowest BCUT2D eigenvalue weighted by Crippen LogP contribution is -2.28. The average Bonchev–Trinajstić information content (AvgIpc) is 2.18. The molecular formula is C9H7BrF2INO. The third-order valence-electron chi connectivity index (χ3n) is 1.59. The summed E-state index contributed by atoms with van der Waals surface area (Å²) in [6, 6.07) is 5.15. The molecule has 6 heteroatoms. The molecule has 0 aliphatic heterocycles. The first-order valence-corrected chi connectivity index (χ1v) is 5.89. The van der Waals surface area contributed by atoms with Gasteiger partial charge in [0.2, 0.25) is 0 Å². The molecule has 1 N–H and O–H groups in total. The fourth-order valence-electron chi connectivity index (χ4n) is 0.937. The van der Waals surface area contributed by atoms with Crippen molar-refractivity contribution in [3.8, 4) is 0 Å². The van der Waals surface area contributed by atoms with Crippen LogP contribution in [0.2, 0.25) is 0 Å². The molecule has 1 amide bonds. The lowest BCUT2D eigenvalue weighted by atomic mass is 10.2. The topological polar surface area (TPSA) is 29.1 Å². The van der Waals surface area contributed by atoms with Crippen LogP contribution >= 0.6 is 38.5 Å². The third kappa shape index (κ3) is 4.02. The van der Waals surface area contributed by atoms with Crippen molar-refractivity contribution in [2.75, 3.05) is 6.54 Å². The van der Waals surface area contributed by atoms with Crippen LogP contribution in [0.3, 0.4) is 0 Å². The molecule has 0 aromatic heterocycles. The summed E-state index contributed by atoms with van der Waals surface area (Å²) in [5.41, 5.74) is 0.363. The zero-order valence-electron chi connectivity index (χ0n) is 7.44. The molecule has 0 saturated carbocycles. The lowest BCUT2D eigenvalue weighted by molar-refractivity contribution is 0.0891. The Labute approximate surface area is 108 Å². The first-order valence-electron chi connectivity index (χ1n) is 4.02. The lowest BCUT2D eigenvalue weighted by Gasteiger charge is -2.06. The van der Waals surface area contributed by atoms with E-state index in [9.17, 15) is 13.6 Å². The minimum atomic E-state index is -2.53. The van der Waals surface area contributed by atoms with Gasteiger partial charge < -0.3 is 5.32 Å². The number of benzene rings is 1. The van der Waals surface area contributed by atoms with Crippen molar-refractivity contribution >= 4 is 44.4 Å². The van der Waals surface area contributed by atoms with Gasteiger partial charge in [-0.25, -0.2) is 8.78 Å². The van der Waals surface area contributed by atoms with Gasteiger partial charge in [0, 0.05) is 8.04 Å². The highest BCUT2D eigenvalue weighted by atomic mass is 127. The molecule has 0 unspecified atom stereocenters. The van der Waals surface area contributed by atoms with E-state index in [0.29, 0.717) is 10.0 Å². The van der Waals surface area contributed by atoms with E-state index in [-0.39, 0.29) is 0 Å². The molecule has 0 fully saturated rings. The summed E-state index contributed by atoms with van der Waals surface area (Å²) in [4.78, 5) is 11.4. The number of amides is 1. The molecule has 0 saturated heterocycles. The van der Waals surface area contributed by atoms with Crippen molar-refractivity contribution in [3.05, 3.63) is 31.8 Å². The Morgan fingerprint density at radius 1 is 1.53 bits per heavy atom. The summed E-state index contributed by atoms with van der Waals surface area (Å²) in [5.74, 6) is -0.499. The van der Waals surface area contributed by atoms with Crippen LogP contribution in [0.15, 0.2) is 22.7 Å². The van der Waals surface area contributed by atoms with Gasteiger partial charge in [-0.15, -0.1) is 0 Å². The van der Waals surface area contributed by atoms with Crippen molar-refractivity contribution < 1.29 is 13.6 Å². The molecule has 0 radical (unpaired) electrons. The first kappa shape index (κ1) is 12.8. The molecule has 0 bridgehead atoms. The summed E-state index contributed by atoms with van der Waals surface area (Å²) in [6.07, 6.45) is -2.53. The molecule has 15 heavy (non-hydrogen) atoms. The Hall–Kier alpha value is -0.240. The zero-order chi connectivity index (χ0) is 11.4. The molecule has 0 aliphatic rings. The summed E-state index contributed by atoms with van der Waals surface area (Å²) in [5, 5.41) is 2.14. The average molecular weight is 390 g/mol. The maximum Gasteiger partial charge on any atom is 0.255 e. The second-order valence-corrected chi connectivity index (χ2v) is 4.83. The molecule has 1 aromatic rings. The number of hydrogen-bond donors (Lipinski definition) is 1. The Balaban J connectivity index is 2.77. The van der Waals surface area contributed by atoms with Crippen molar-refractivity contribution in [2.45, 2.75) is 6.43 Å². The Bertz CT molecular complexity index is 373. The van der Waals surface area contributed by atoms with Crippen LogP contribution < -0.4 is 5.32 Å². The highest BCUT2D eigenvalue weighted by Crippen LogP contribution is 2.19. The number of rotatable bonds is 3. The van der Waals surface area contributed by atoms with E-state index in [2.05, 4.69) is 21.2 Å². The van der Waals surface area contributed by atoms with Crippen LogP contribution in [0.5, 0.6) is 0 Å². The second-order valence-electron chi connectivity index (χ2n) is 2.73. The summed E-state index contributed by atoms with van der Waals surface area (Å²) >= 11 is 5.23. The van der Waals surface area contributed by atoms with Gasteiger partial charge in [0.05, 0.1) is 12.1 Å². The van der Waals surface area contributed by atoms with E-state index >= 15 is 0 Å². The monoisotopic (exact) mass is 389 g/mol. The normalized spacial score (nSPS) is 10.5. The Morgan fingerprint density at radius 2 is 2.20 bits per heavy atom. The van der Waals surface area contributed by atoms with Crippen LogP contribution in [-0.2, 0) is 0 Å². The van der Waals surface area contributed by atoms with E-state index in [1.165, 1.54) is 0 Å². The number of alkyl halides is 2. The highest BCUT2D eigenvalue weighted by Gasteiger charge is 2.12. The highest BCUT2D eigenvalue weighted by molar-refractivity contribution is 14.1. The molecule has 1 aromatic carbocycles.